The minimum Gasteiger partial charge on any atom is -0.356 e. The Morgan fingerprint density at radius 1 is 0.938 bits per heavy atom. The molecular formula is C10H16N2O4. The van der Waals surface area contributed by atoms with E-state index in [1.165, 1.54) is 12.2 Å². The van der Waals surface area contributed by atoms with Gasteiger partial charge in [-0.1, -0.05) is 0 Å². The lowest BCUT2D eigenvalue weighted by molar-refractivity contribution is 0.0464. The number of ether oxygens (including phenoxy) is 2. The minimum atomic E-state index is -0.447. The summed E-state index contributed by atoms with van der Waals surface area (Å²) in [5, 5.41) is 0. The van der Waals surface area contributed by atoms with Gasteiger partial charge in [0.05, 0.1) is 0 Å². The summed E-state index contributed by atoms with van der Waals surface area (Å²) in [6.07, 6.45) is 3.53. The standard InChI is InChI=1S/C10H16N2O4/c1-9(11-7-13)15-5-3-4-6-16-10(2)12-8-14/h9-10H,3-6H2,1-2H3. The molecule has 0 N–H and O–H groups in total. The maximum Gasteiger partial charge on any atom is 0.237 e. The first-order chi connectivity index (χ1) is 7.70. The maximum atomic E-state index is 9.85. The molecule has 0 aliphatic carbocycles. The van der Waals surface area contributed by atoms with Crippen molar-refractivity contribution in [3.63, 3.8) is 0 Å². The van der Waals surface area contributed by atoms with Crippen LogP contribution in [0.3, 0.4) is 0 Å². The zero-order valence-electron chi connectivity index (χ0n) is 9.51. The van der Waals surface area contributed by atoms with Crippen molar-refractivity contribution in [2.45, 2.75) is 39.1 Å². The summed E-state index contributed by atoms with van der Waals surface area (Å²) in [5.41, 5.74) is 0. The van der Waals surface area contributed by atoms with Gasteiger partial charge in [0.25, 0.3) is 0 Å². The summed E-state index contributed by atoms with van der Waals surface area (Å²) in [6.45, 7) is 4.34. The number of unbranched alkanes of at least 4 members (excludes halogenated alkanes) is 1. The fourth-order valence-corrected chi connectivity index (χ4v) is 0.935. The highest BCUT2D eigenvalue weighted by atomic mass is 16.5. The van der Waals surface area contributed by atoms with Crippen LogP contribution in [0.15, 0.2) is 9.98 Å². The van der Waals surface area contributed by atoms with Crippen LogP contribution in [0.5, 0.6) is 0 Å². The van der Waals surface area contributed by atoms with E-state index in [1.807, 2.05) is 0 Å². The second-order valence-corrected chi connectivity index (χ2v) is 3.09. The molecule has 90 valence electrons. The van der Waals surface area contributed by atoms with Gasteiger partial charge in [0.1, 0.15) is 0 Å². The molecule has 2 unspecified atom stereocenters. The first kappa shape index (κ1) is 14.7. The fraction of sp³-hybridized carbons (Fsp3) is 0.800. The monoisotopic (exact) mass is 228 g/mol. The van der Waals surface area contributed by atoms with Gasteiger partial charge in [-0.2, -0.15) is 9.98 Å². The van der Waals surface area contributed by atoms with Gasteiger partial charge in [-0.15, -0.1) is 0 Å². The molecule has 2 atom stereocenters. The number of hydrogen-bond acceptors (Lipinski definition) is 6. The number of hydrogen-bond donors (Lipinski definition) is 0. The van der Waals surface area contributed by atoms with Crippen molar-refractivity contribution < 1.29 is 19.1 Å². The van der Waals surface area contributed by atoms with Crippen LogP contribution in [0.25, 0.3) is 0 Å². The molecule has 0 aromatic heterocycles. The van der Waals surface area contributed by atoms with E-state index in [1.54, 1.807) is 13.8 Å². The van der Waals surface area contributed by atoms with Crippen molar-refractivity contribution in [1.82, 2.24) is 0 Å². The van der Waals surface area contributed by atoms with E-state index in [-0.39, 0.29) is 0 Å². The number of aliphatic imine (C=N–C) groups is 2. The summed E-state index contributed by atoms with van der Waals surface area (Å²) >= 11 is 0. The Balaban J connectivity index is 3.33. The van der Waals surface area contributed by atoms with Gasteiger partial charge < -0.3 is 9.47 Å². The molecule has 0 saturated carbocycles. The molecule has 0 aromatic rings. The fourth-order valence-electron chi connectivity index (χ4n) is 0.935. The van der Waals surface area contributed by atoms with Crippen molar-refractivity contribution in [1.29, 1.82) is 0 Å². The molecule has 0 fully saturated rings. The van der Waals surface area contributed by atoms with E-state index < -0.39 is 12.5 Å². The molecule has 6 nitrogen and oxygen atoms in total. The second-order valence-electron chi connectivity index (χ2n) is 3.09. The molecule has 0 spiro atoms. The molecule has 0 aliphatic heterocycles. The predicted octanol–water partition coefficient (Wildman–Crippen LogP) is 1.16. The van der Waals surface area contributed by atoms with Gasteiger partial charge in [-0.05, 0) is 26.7 Å². The third-order valence-corrected chi connectivity index (χ3v) is 1.73. The van der Waals surface area contributed by atoms with Gasteiger partial charge in [0, 0.05) is 13.2 Å². The van der Waals surface area contributed by atoms with Crippen molar-refractivity contribution in [2.75, 3.05) is 13.2 Å². The van der Waals surface area contributed by atoms with Crippen molar-refractivity contribution >= 4 is 12.2 Å². The topological polar surface area (TPSA) is 77.3 Å². The molecule has 0 heterocycles. The molecule has 0 saturated heterocycles. The van der Waals surface area contributed by atoms with Gasteiger partial charge in [0.15, 0.2) is 12.5 Å². The van der Waals surface area contributed by atoms with E-state index >= 15 is 0 Å². The van der Waals surface area contributed by atoms with E-state index in [0.29, 0.717) is 13.2 Å². The second kappa shape index (κ2) is 10.2. The van der Waals surface area contributed by atoms with Gasteiger partial charge in [0.2, 0.25) is 12.2 Å². The molecule has 0 amide bonds. The molecule has 0 bridgehead atoms. The number of rotatable bonds is 9. The van der Waals surface area contributed by atoms with E-state index in [9.17, 15) is 9.59 Å². The highest BCUT2D eigenvalue weighted by Crippen LogP contribution is 1.98. The maximum absolute atomic E-state index is 9.85. The third-order valence-electron chi connectivity index (χ3n) is 1.73. The lowest BCUT2D eigenvalue weighted by atomic mass is 10.3. The van der Waals surface area contributed by atoms with Crippen molar-refractivity contribution in [3.05, 3.63) is 0 Å². The van der Waals surface area contributed by atoms with Crippen LogP contribution < -0.4 is 0 Å². The highest BCUT2D eigenvalue weighted by Gasteiger charge is 1.99. The van der Waals surface area contributed by atoms with Crippen LogP contribution in [0.1, 0.15) is 26.7 Å². The normalized spacial score (nSPS) is 13.4. The number of carbonyl (C=O) groups excluding carboxylic acids is 2. The zero-order valence-corrected chi connectivity index (χ0v) is 9.51. The minimum absolute atomic E-state index is 0.447. The largest absolute Gasteiger partial charge is 0.356 e. The average Bonchev–Trinajstić information content (AvgIpc) is 2.24. The van der Waals surface area contributed by atoms with Crippen molar-refractivity contribution in [3.8, 4) is 0 Å². The van der Waals surface area contributed by atoms with Gasteiger partial charge >= 0.3 is 0 Å². The summed E-state index contributed by atoms with van der Waals surface area (Å²) in [5.74, 6) is 0. The summed E-state index contributed by atoms with van der Waals surface area (Å²) < 4.78 is 10.3. The van der Waals surface area contributed by atoms with Crippen LogP contribution in [0.2, 0.25) is 0 Å². The Labute approximate surface area is 94.4 Å². The van der Waals surface area contributed by atoms with Crippen LogP contribution in [-0.2, 0) is 19.1 Å². The molecule has 6 heteroatoms. The lowest BCUT2D eigenvalue weighted by Gasteiger charge is -2.08. The summed E-state index contributed by atoms with van der Waals surface area (Å²) in [6, 6.07) is 0. The molecule has 16 heavy (non-hydrogen) atoms. The van der Waals surface area contributed by atoms with Crippen LogP contribution >= 0.6 is 0 Å². The average molecular weight is 228 g/mol. The van der Waals surface area contributed by atoms with E-state index in [2.05, 4.69) is 9.98 Å². The summed E-state index contributed by atoms with van der Waals surface area (Å²) in [4.78, 5) is 26.5. The smallest absolute Gasteiger partial charge is 0.237 e. The first-order valence-electron chi connectivity index (χ1n) is 5.08. The zero-order chi connectivity index (χ0) is 12.2. The predicted molar refractivity (Wildman–Crippen MR) is 56.3 cm³/mol. The van der Waals surface area contributed by atoms with E-state index in [0.717, 1.165) is 12.8 Å². The quantitative estimate of drug-likeness (QED) is 0.337. The molecule has 0 rings (SSSR count). The third kappa shape index (κ3) is 9.24. The Hall–Kier alpha value is -1.32. The van der Waals surface area contributed by atoms with Gasteiger partial charge in [-0.25, -0.2) is 9.59 Å². The molecule has 0 radical (unpaired) electrons. The number of isocyanates is 2. The van der Waals surface area contributed by atoms with Gasteiger partial charge in [-0.3, -0.25) is 0 Å². The Bertz CT molecular complexity index is 242. The highest BCUT2D eigenvalue weighted by molar-refractivity contribution is 5.33. The Morgan fingerprint density at radius 3 is 1.62 bits per heavy atom. The SMILES string of the molecule is CC(N=C=O)OCCCCOC(C)N=C=O. The van der Waals surface area contributed by atoms with Crippen LogP contribution in [0, 0.1) is 0 Å². The van der Waals surface area contributed by atoms with E-state index in [4.69, 9.17) is 9.47 Å². The summed E-state index contributed by atoms with van der Waals surface area (Å²) in [7, 11) is 0. The molecule has 0 aliphatic rings. The Morgan fingerprint density at radius 2 is 1.31 bits per heavy atom. The molecular weight excluding hydrogens is 212 g/mol. The molecule has 0 aromatic carbocycles. The first-order valence-corrected chi connectivity index (χ1v) is 5.08. The van der Waals surface area contributed by atoms with Crippen LogP contribution in [0.4, 0.5) is 0 Å². The number of nitrogens with zero attached hydrogens (tertiary/aromatic N) is 2. The van der Waals surface area contributed by atoms with Crippen LogP contribution in [-0.4, -0.2) is 37.8 Å². The van der Waals surface area contributed by atoms with Crippen molar-refractivity contribution in [2.24, 2.45) is 9.98 Å². The lowest BCUT2D eigenvalue weighted by Crippen LogP contribution is -2.09. The Kier molecular flexibility index (Phi) is 9.36.